The predicted octanol–water partition coefficient (Wildman–Crippen LogP) is 4.15. The number of epoxide rings is 1. The van der Waals surface area contributed by atoms with Crippen molar-refractivity contribution in [2.75, 3.05) is 6.61 Å². The smallest absolute Gasteiger partial charge is 0.338 e. The van der Waals surface area contributed by atoms with E-state index in [2.05, 4.69) is 13.5 Å². The summed E-state index contributed by atoms with van der Waals surface area (Å²) in [4.78, 5) is 27.6. The Morgan fingerprint density at radius 1 is 1.02 bits per heavy atom. The van der Waals surface area contributed by atoms with Crippen molar-refractivity contribution < 1.29 is 48.6 Å². The third-order valence-electron chi connectivity index (χ3n) is 12.1. The topological polar surface area (TPSA) is 144 Å². The van der Waals surface area contributed by atoms with Gasteiger partial charge in [0.1, 0.15) is 30.0 Å². The lowest BCUT2D eigenvalue weighted by Crippen LogP contribution is -2.76. The van der Waals surface area contributed by atoms with Crippen molar-refractivity contribution in [3.8, 4) is 0 Å². The molecule has 3 saturated heterocycles. The summed E-state index contributed by atoms with van der Waals surface area (Å²) in [5.74, 6) is -5.37. The second-order valence-corrected chi connectivity index (χ2v) is 14.8. The van der Waals surface area contributed by atoms with Gasteiger partial charge in [0, 0.05) is 24.2 Å². The van der Waals surface area contributed by atoms with Gasteiger partial charge in [0.2, 0.25) is 0 Å². The maximum atomic E-state index is 13.9. The lowest BCUT2D eigenvalue weighted by Gasteiger charge is -2.61. The molecule has 1 unspecified atom stereocenters. The molecule has 256 valence electrons. The van der Waals surface area contributed by atoms with Gasteiger partial charge in [-0.15, -0.1) is 0 Å². The van der Waals surface area contributed by atoms with Gasteiger partial charge in [0.25, 0.3) is 5.97 Å². The molecule has 3 heterocycles. The van der Waals surface area contributed by atoms with E-state index in [0.29, 0.717) is 17.6 Å². The molecule has 0 amide bonds. The van der Waals surface area contributed by atoms with E-state index in [1.54, 1.807) is 37.3 Å². The number of benzene rings is 1. The average molecular weight is 653 g/mol. The average Bonchev–Trinajstić information content (AvgIpc) is 3.69. The molecule has 12 atom stereocenters. The molecule has 3 aliphatic heterocycles. The SMILES string of the molecule is C=C(C)[C@@]12O[C@@]3(CCCCCCCCC)O[C@@H]1[C@@H]1[C@@H]4O[C@]4(CO)[C@@H](O)[C@]4(O)C(=O)C(C)=CC4[C@@]1(O3)[C@H](C)[C@H]2OC(=O)c1ccccc1. The van der Waals surface area contributed by atoms with E-state index in [4.69, 9.17) is 23.7 Å². The Bertz CT molecular complexity index is 1480. The zero-order valence-corrected chi connectivity index (χ0v) is 27.8. The van der Waals surface area contributed by atoms with E-state index < -0.39 is 88.9 Å². The van der Waals surface area contributed by atoms with Gasteiger partial charge in [-0.3, -0.25) is 4.79 Å². The maximum absolute atomic E-state index is 13.9. The van der Waals surface area contributed by atoms with Crippen LogP contribution in [-0.2, 0) is 28.5 Å². The van der Waals surface area contributed by atoms with E-state index in [1.165, 1.54) is 19.3 Å². The molecular formula is C37H48O10. The predicted molar refractivity (Wildman–Crippen MR) is 169 cm³/mol. The number of aliphatic hydroxyl groups is 3. The number of hydrogen-bond donors (Lipinski definition) is 3. The third kappa shape index (κ3) is 4.28. The van der Waals surface area contributed by atoms with Crippen LogP contribution in [0.1, 0.15) is 89.4 Å². The fraction of sp³-hybridized carbons (Fsp3) is 0.676. The summed E-state index contributed by atoms with van der Waals surface area (Å²) < 4.78 is 33.6. The largest absolute Gasteiger partial charge is 0.455 e. The first-order valence-electron chi connectivity index (χ1n) is 17.3. The van der Waals surface area contributed by atoms with E-state index in [-0.39, 0.29) is 5.57 Å². The van der Waals surface area contributed by atoms with Crippen molar-refractivity contribution in [2.45, 2.75) is 132 Å². The van der Waals surface area contributed by atoms with E-state index in [9.17, 15) is 24.9 Å². The fourth-order valence-electron chi connectivity index (χ4n) is 9.80. The third-order valence-corrected chi connectivity index (χ3v) is 12.1. The first-order chi connectivity index (χ1) is 22.4. The minimum Gasteiger partial charge on any atom is -0.455 e. The summed E-state index contributed by atoms with van der Waals surface area (Å²) >= 11 is 0. The monoisotopic (exact) mass is 652 g/mol. The quantitative estimate of drug-likeness (QED) is 0.130. The number of carbonyl (C=O) groups excluding carboxylic acids is 2. The van der Waals surface area contributed by atoms with Gasteiger partial charge in [-0.1, -0.05) is 83.2 Å². The van der Waals surface area contributed by atoms with Crippen LogP contribution in [0, 0.1) is 17.8 Å². The van der Waals surface area contributed by atoms with Crippen molar-refractivity contribution in [1.29, 1.82) is 0 Å². The van der Waals surface area contributed by atoms with Crippen molar-refractivity contribution in [3.63, 3.8) is 0 Å². The molecule has 3 aliphatic carbocycles. The van der Waals surface area contributed by atoms with Crippen molar-refractivity contribution in [3.05, 3.63) is 59.7 Å². The zero-order chi connectivity index (χ0) is 33.6. The molecule has 10 nitrogen and oxygen atoms in total. The van der Waals surface area contributed by atoms with Crippen molar-refractivity contribution >= 4 is 11.8 Å². The summed E-state index contributed by atoms with van der Waals surface area (Å²) in [5, 5.41) is 35.0. The number of rotatable bonds is 12. The number of aliphatic hydroxyl groups excluding tert-OH is 2. The fourth-order valence-corrected chi connectivity index (χ4v) is 9.80. The van der Waals surface area contributed by atoms with Gasteiger partial charge < -0.3 is 39.0 Å². The van der Waals surface area contributed by atoms with Crippen LogP contribution in [0.2, 0.25) is 0 Å². The van der Waals surface area contributed by atoms with Crippen LogP contribution in [0.15, 0.2) is 54.1 Å². The molecule has 7 rings (SSSR count). The Morgan fingerprint density at radius 2 is 1.70 bits per heavy atom. The summed E-state index contributed by atoms with van der Waals surface area (Å²) in [6.07, 6.45) is 4.91. The first kappa shape index (κ1) is 33.1. The highest BCUT2D eigenvalue weighted by Gasteiger charge is 2.90. The Morgan fingerprint density at radius 3 is 2.36 bits per heavy atom. The number of ketones is 1. The van der Waals surface area contributed by atoms with Gasteiger partial charge in [0.15, 0.2) is 17.0 Å². The molecule has 10 heteroatoms. The summed E-state index contributed by atoms with van der Waals surface area (Å²) in [6.45, 7) is 11.2. The van der Waals surface area contributed by atoms with Crippen LogP contribution in [0.4, 0.5) is 0 Å². The molecule has 2 saturated carbocycles. The highest BCUT2D eigenvalue weighted by molar-refractivity contribution is 6.05. The van der Waals surface area contributed by atoms with Crippen LogP contribution in [0.3, 0.4) is 0 Å². The Hall–Kier alpha value is -2.44. The van der Waals surface area contributed by atoms with Crippen molar-refractivity contribution in [2.24, 2.45) is 17.8 Å². The Labute approximate surface area is 276 Å². The highest BCUT2D eigenvalue weighted by Crippen LogP contribution is 2.73. The lowest BCUT2D eigenvalue weighted by molar-refractivity contribution is -0.431. The lowest BCUT2D eigenvalue weighted by atomic mass is 9.53. The number of esters is 1. The summed E-state index contributed by atoms with van der Waals surface area (Å²) in [7, 11) is 0. The molecule has 0 radical (unpaired) electrons. The van der Waals surface area contributed by atoms with E-state index in [0.717, 1.165) is 25.7 Å². The molecule has 47 heavy (non-hydrogen) atoms. The van der Waals surface area contributed by atoms with Gasteiger partial charge in [-0.05, 0) is 43.5 Å². The molecule has 0 spiro atoms. The van der Waals surface area contributed by atoms with Gasteiger partial charge in [-0.25, -0.2) is 4.79 Å². The zero-order valence-electron chi connectivity index (χ0n) is 27.8. The van der Waals surface area contributed by atoms with Gasteiger partial charge in [0.05, 0.1) is 17.8 Å². The van der Waals surface area contributed by atoms with Crippen LogP contribution in [0.25, 0.3) is 0 Å². The molecule has 6 aliphatic rings. The number of fused-ring (bicyclic) bond motifs is 3. The summed E-state index contributed by atoms with van der Waals surface area (Å²) in [5.41, 5.74) is -5.69. The molecule has 3 bridgehead atoms. The Kier molecular flexibility index (Phi) is 7.95. The van der Waals surface area contributed by atoms with Crippen LogP contribution < -0.4 is 0 Å². The van der Waals surface area contributed by atoms with Crippen LogP contribution >= 0.6 is 0 Å². The number of ether oxygens (including phenoxy) is 5. The number of unbranched alkanes of at least 4 members (excludes halogenated alkanes) is 6. The minimum absolute atomic E-state index is 0.267. The molecule has 1 aromatic carbocycles. The second kappa shape index (κ2) is 11.3. The van der Waals surface area contributed by atoms with E-state index >= 15 is 0 Å². The number of Topliss-reactive ketones (excluding diaryl/α,β-unsaturated/α-hetero) is 1. The van der Waals surface area contributed by atoms with Crippen LogP contribution in [-0.4, -0.2) is 86.5 Å². The van der Waals surface area contributed by atoms with E-state index in [1.807, 2.05) is 19.9 Å². The summed E-state index contributed by atoms with van der Waals surface area (Å²) in [6, 6.07) is 8.65. The molecule has 3 N–H and O–H groups in total. The Balaban J connectivity index is 1.36. The normalized spacial score (nSPS) is 45.5. The molecular weight excluding hydrogens is 604 g/mol. The second-order valence-electron chi connectivity index (χ2n) is 14.8. The van der Waals surface area contributed by atoms with Gasteiger partial charge >= 0.3 is 5.97 Å². The number of carbonyl (C=O) groups is 2. The molecule has 1 aromatic rings. The van der Waals surface area contributed by atoms with Gasteiger partial charge in [-0.2, -0.15) is 0 Å². The number of hydrogen-bond acceptors (Lipinski definition) is 10. The van der Waals surface area contributed by atoms with Crippen molar-refractivity contribution in [1.82, 2.24) is 0 Å². The molecule has 5 fully saturated rings. The minimum atomic E-state index is -2.38. The molecule has 0 aromatic heterocycles. The maximum Gasteiger partial charge on any atom is 0.338 e. The highest BCUT2D eigenvalue weighted by atomic mass is 16.9. The first-order valence-corrected chi connectivity index (χ1v) is 17.3. The standard InChI is InChI=1S/C37H48O10/c1-6-7-8-9-10-11-15-18-34-45-30-26-29-33(20-38,44-29)32(41)35(42)25(19-22(4)27(35)39)37(26,47-34)23(5)28(36(30,46-34)21(2)3)43-31(40)24-16-13-12-14-17-24/h12-14,16-17,19,23,25-26,28-30,32,38,41-42H,2,6-11,15,18,20H2,1,3-5H3/t23-,25?,26+,28-,29+,30-,32-,33+,34-,35-,36+,37+/m1/s1. The van der Waals surface area contributed by atoms with Crippen LogP contribution in [0.5, 0.6) is 0 Å².